The van der Waals surface area contributed by atoms with Gasteiger partial charge in [0.15, 0.2) is 0 Å². The van der Waals surface area contributed by atoms with E-state index in [2.05, 4.69) is 0 Å². The SMILES string of the molecule is N#CCc1cc(Sc2cc(F)ccc2F)ccc1N. The topological polar surface area (TPSA) is 49.8 Å². The predicted molar refractivity (Wildman–Crippen MR) is 70.7 cm³/mol. The van der Waals surface area contributed by atoms with Gasteiger partial charge in [0.25, 0.3) is 0 Å². The average Bonchev–Trinajstić information content (AvgIpc) is 2.38. The van der Waals surface area contributed by atoms with Crippen molar-refractivity contribution in [2.24, 2.45) is 0 Å². The summed E-state index contributed by atoms with van der Waals surface area (Å²) in [5, 5.41) is 8.68. The molecule has 0 saturated heterocycles. The Balaban J connectivity index is 2.31. The van der Waals surface area contributed by atoms with Gasteiger partial charge in [-0.15, -0.1) is 0 Å². The first-order valence-corrected chi connectivity index (χ1v) is 6.30. The fourth-order valence-electron chi connectivity index (χ4n) is 1.57. The molecule has 0 aliphatic carbocycles. The molecule has 0 spiro atoms. The molecule has 0 bridgehead atoms. The zero-order chi connectivity index (χ0) is 13.8. The summed E-state index contributed by atoms with van der Waals surface area (Å²) in [6, 6.07) is 10.4. The molecule has 0 aliphatic heterocycles. The summed E-state index contributed by atoms with van der Waals surface area (Å²) in [6.45, 7) is 0. The Bertz CT molecular complexity index is 650. The van der Waals surface area contributed by atoms with Crippen molar-refractivity contribution in [2.45, 2.75) is 16.2 Å². The van der Waals surface area contributed by atoms with Gasteiger partial charge in [0.1, 0.15) is 11.6 Å². The fraction of sp³-hybridized carbons (Fsp3) is 0.0714. The first-order chi connectivity index (χ1) is 9.10. The molecule has 0 heterocycles. The smallest absolute Gasteiger partial charge is 0.137 e. The van der Waals surface area contributed by atoms with Crippen LogP contribution in [0.1, 0.15) is 5.56 Å². The third kappa shape index (κ3) is 3.24. The average molecular weight is 276 g/mol. The van der Waals surface area contributed by atoms with Crippen LogP contribution in [0, 0.1) is 23.0 Å². The maximum Gasteiger partial charge on any atom is 0.137 e. The van der Waals surface area contributed by atoms with Gasteiger partial charge in [-0.2, -0.15) is 5.26 Å². The van der Waals surface area contributed by atoms with Crippen molar-refractivity contribution >= 4 is 17.4 Å². The molecule has 96 valence electrons. The van der Waals surface area contributed by atoms with Gasteiger partial charge in [-0.3, -0.25) is 0 Å². The molecule has 2 aromatic carbocycles. The van der Waals surface area contributed by atoms with Crippen LogP contribution in [0.2, 0.25) is 0 Å². The van der Waals surface area contributed by atoms with Crippen LogP contribution >= 0.6 is 11.8 Å². The summed E-state index contributed by atoms with van der Waals surface area (Å²) in [4.78, 5) is 0.914. The zero-order valence-electron chi connectivity index (χ0n) is 9.86. The number of benzene rings is 2. The molecule has 0 atom stereocenters. The lowest BCUT2D eigenvalue weighted by Gasteiger charge is -2.07. The molecule has 0 radical (unpaired) electrons. The third-order valence-corrected chi connectivity index (χ3v) is 3.53. The molecule has 0 fully saturated rings. The molecule has 0 aromatic heterocycles. The van der Waals surface area contributed by atoms with Crippen LogP contribution in [0.25, 0.3) is 0 Å². The highest BCUT2D eigenvalue weighted by Gasteiger charge is 2.07. The standard InChI is InChI=1S/C14H10F2N2S/c15-10-1-3-12(16)14(8-10)19-11-2-4-13(18)9(7-11)5-6-17/h1-4,7-8H,5,18H2. The predicted octanol–water partition coefficient (Wildman–Crippen LogP) is 3.76. The van der Waals surface area contributed by atoms with Gasteiger partial charge < -0.3 is 5.73 Å². The van der Waals surface area contributed by atoms with Crippen molar-refractivity contribution < 1.29 is 8.78 Å². The van der Waals surface area contributed by atoms with Crippen LogP contribution in [-0.4, -0.2) is 0 Å². The largest absolute Gasteiger partial charge is 0.398 e. The van der Waals surface area contributed by atoms with Gasteiger partial charge in [-0.1, -0.05) is 11.8 Å². The minimum absolute atomic E-state index is 0.186. The van der Waals surface area contributed by atoms with E-state index in [0.29, 0.717) is 16.1 Å². The number of hydrogen-bond donors (Lipinski definition) is 1. The van der Waals surface area contributed by atoms with E-state index in [0.717, 1.165) is 30.0 Å². The van der Waals surface area contributed by atoms with Gasteiger partial charge in [0, 0.05) is 10.6 Å². The molecule has 0 saturated carbocycles. The van der Waals surface area contributed by atoms with E-state index in [4.69, 9.17) is 11.0 Å². The van der Waals surface area contributed by atoms with E-state index < -0.39 is 11.6 Å². The van der Waals surface area contributed by atoms with E-state index in [9.17, 15) is 8.78 Å². The van der Waals surface area contributed by atoms with Crippen molar-refractivity contribution in [1.82, 2.24) is 0 Å². The maximum absolute atomic E-state index is 13.5. The van der Waals surface area contributed by atoms with Gasteiger partial charge in [0.05, 0.1) is 17.4 Å². The molecular formula is C14H10F2N2S. The number of nitrogens with zero attached hydrogens (tertiary/aromatic N) is 1. The van der Waals surface area contributed by atoms with Crippen molar-refractivity contribution in [3.05, 3.63) is 53.6 Å². The molecule has 19 heavy (non-hydrogen) atoms. The molecule has 2 N–H and O–H groups in total. The van der Waals surface area contributed by atoms with E-state index in [1.165, 1.54) is 0 Å². The minimum Gasteiger partial charge on any atom is -0.398 e. The Morgan fingerprint density at radius 2 is 1.95 bits per heavy atom. The van der Waals surface area contributed by atoms with Crippen molar-refractivity contribution in [2.75, 3.05) is 5.73 Å². The fourth-order valence-corrected chi connectivity index (χ4v) is 2.49. The molecular weight excluding hydrogens is 266 g/mol. The van der Waals surface area contributed by atoms with E-state index in [1.807, 2.05) is 6.07 Å². The number of rotatable bonds is 3. The summed E-state index contributed by atoms with van der Waals surface area (Å²) in [6.07, 6.45) is 0.186. The van der Waals surface area contributed by atoms with Crippen LogP contribution in [0.15, 0.2) is 46.2 Å². The van der Waals surface area contributed by atoms with E-state index in [-0.39, 0.29) is 11.3 Å². The Morgan fingerprint density at radius 3 is 2.68 bits per heavy atom. The lowest BCUT2D eigenvalue weighted by atomic mass is 10.1. The Morgan fingerprint density at radius 1 is 1.16 bits per heavy atom. The summed E-state index contributed by atoms with van der Waals surface area (Å²) < 4.78 is 26.6. The second-order valence-corrected chi connectivity index (χ2v) is 4.99. The lowest BCUT2D eigenvalue weighted by molar-refractivity contribution is 0.577. The lowest BCUT2D eigenvalue weighted by Crippen LogP contribution is -1.93. The van der Waals surface area contributed by atoms with Crippen LogP contribution < -0.4 is 5.73 Å². The number of anilines is 1. The summed E-state index contributed by atoms with van der Waals surface area (Å²) in [5.41, 5.74) is 6.93. The van der Waals surface area contributed by atoms with Crippen LogP contribution in [0.5, 0.6) is 0 Å². The number of halogens is 2. The van der Waals surface area contributed by atoms with Gasteiger partial charge in [0.2, 0.25) is 0 Å². The molecule has 5 heteroatoms. The Labute approximate surface area is 113 Å². The van der Waals surface area contributed by atoms with E-state index >= 15 is 0 Å². The normalized spacial score (nSPS) is 10.2. The number of hydrogen-bond acceptors (Lipinski definition) is 3. The van der Waals surface area contributed by atoms with Crippen molar-refractivity contribution in [3.8, 4) is 6.07 Å². The highest BCUT2D eigenvalue weighted by Crippen LogP contribution is 2.32. The van der Waals surface area contributed by atoms with Crippen LogP contribution in [-0.2, 0) is 6.42 Å². The highest BCUT2D eigenvalue weighted by atomic mass is 32.2. The summed E-state index contributed by atoms with van der Waals surface area (Å²) in [7, 11) is 0. The second kappa shape index (κ2) is 5.72. The number of nitrogen functional groups attached to an aromatic ring is 1. The van der Waals surface area contributed by atoms with Gasteiger partial charge in [-0.25, -0.2) is 8.78 Å². The number of nitrogens with two attached hydrogens (primary N) is 1. The highest BCUT2D eigenvalue weighted by molar-refractivity contribution is 7.99. The number of nitriles is 1. The maximum atomic E-state index is 13.5. The molecule has 0 aliphatic rings. The third-order valence-electron chi connectivity index (χ3n) is 2.51. The van der Waals surface area contributed by atoms with Crippen molar-refractivity contribution in [1.29, 1.82) is 5.26 Å². The van der Waals surface area contributed by atoms with Crippen LogP contribution in [0.3, 0.4) is 0 Å². The molecule has 2 nitrogen and oxygen atoms in total. The van der Waals surface area contributed by atoms with Crippen LogP contribution in [0.4, 0.5) is 14.5 Å². The first-order valence-electron chi connectivity index (χ1n) is 5.48. The second-order valence-electron chi connectivity index (χ2n) is 3.87. The quantitative estimate of drug-likeness (QED) is 0.868. The Kier molecular flexibility index (Phi) is 4.03. The zero-order valence-corrected chi connectivity index (χ0v) is 10.7. The molecule has 2 aromatic rings. The monoisotopic (exact) mass is 276 g/mol. The van der Waals surface area contributed by atoms with E-state index in [1.54, 1.807) is 18.2 Å². The minimum atomic E-state index is -0.489. The first kappa shape index (κ1) is 13.4. The molecule has 0 amide bonds. The summed E-state index contributed by atoms with van der Waals surface area (Å²) >= 11 is 1.10. The van der Waals surface area contributed by atoms with Gasteiger partial charge >= 0.3 is 0 Å². The summed E-state index contributed by atoms with van der Waals surface area (Å²) in [5.74, 6) is -0.971. The van der Waals surface area contributed by atoms with Gasteiger partial charge in [-0.05, 0) is 42.0 Å². The van der Waals surface area contributed by atoms with Crippen molar-refractivity contribution in [3.63, 3.8) is 0 Å². The Hall–Kier alpha value is -2.06. The molecule has 2 rings (SSSR count). The molecule has 0 unspecified atom stereocenters.